The number of hydrogen-bond donors (Lipinski definition) is 2. The van der Waals surface area contributed by atoms with Crippen LogP contribution in [0.2, 0.25) is 0 Å². The van der Waals surface area contributed by atoms with Crippen molar-refractivity contribution in [1.82, 2.24) is 14.7 Å². The number of nitrogens with one attached hydrogen (secondary N) is 1. The van der Waals surface area contributed by atoms with Crippen molar-refractivity contribution in [2.24, 2.45) is 11.3 Å². The highest BCUT2D eigenvalue weighted by molar-refractivity contribution is 5.95. The number of nitrogens with zero attached hydrogens (tertiary/aromatic N) is 3. The predicted octanol–water partition coefficient (Wildman–Crippen LogP) is 4.34. The van der Waals surface area contributed by atoms with Crippen LogP contribution in [-0.4, -0.2) is 39.5 Å². The third-order valence-electron chi connectivity index (χ3n) is 5.94. The number of halogens is 5. The van der Waals surface area contributed by atoms with Gasteiger partial charge in [0.05, 0.1) is 5.69 Å². The summed E-state index contributed by atoms with van der Waals surface area (Å²) in [6, 6.07) is 4.16. The Morgan fingerprint density at radius 1 is 1.30 bits per heavy atom. The maximum absolute atomic E-state index is 13.8. The van der Waals surface area contributed by atoms with Gasteiger partial charge in [0.1, 0.15) is 17.4 Å². The zero-order valence-corrected chi connectivity index (χ0v) is 18.3. The van der Waals surface area contributed by atoms with Crippen LogP contribution >= 0.6 is 0 Å². The second-order valence-electron chi connectivity index (χ2n) is 9.35. The monoisotopic (exact) mass is 472 g/mol. The standard InChI is InChI=1S/C22H25F5N4O2/c1-20(2,12-32)11-29-19(33)14-8-15(10-28)31-16(7-13-3-5-21(23,24)6-4-13)18(22(25,26)27)30-17(31)9-14/h8-9,13,32H,3-7,11-12H2,1-2H3,(H,29,33). The van der Waals surface area contributed by atoms with Crippen LogP contribution in [0, 0.1) is 22.7 Å². The van der Waals surface area contributed by atoms with Crippen LogP contribution in [0.1, 0.15) is 67.0 Å². The summed E-state index contributed by atoms with van der Waals surface area (Å²) < 4.78 is 69.3. The molecule has 2 aromatic rings. The van der Waals surface area contributed by atoms with Crippen LogP contribution in [-0.2, 0) is 12.6 Å². The number of carbonyl (C=O) groups is 1. The van der Waals surface area contributed by atoms with Crippen molar-refractivity contribution < 1.29 is 31.9 Å². The molecule has 0 radical (unpaired) electrons. The van der Waals surface area contributed by atoms with E-state index in [4.69, 9.17) is 0 Å². The van der Waals surface area contributed by atoms with E-state index < -0.39 is 47.9 Å². The van der Waals surface area contributed by atoms with Crippen molar-refractivity contribution in [3.05, 3.63) is 34.8 Å². The number of pyridine rings is 1. The maximum Gasteiger partial charge on any atom is 0.435 e. The first-order chi connectivity index (χ1) is 15.3. The topological polar surface area (TPSA) is 90.4 Å². The molecule has 1 aliphatic carbocycles. The fourth-order valence-electron chi connectivity index (χ4n) is 3.91. The van der Waals surface area contributed by atoms with E-state index in [1.54, 1.807) is 13.8 Å². The molecule has 1 saturated carbocycles. The molecule has 3 rings (SSSR count). The van der Waals surface area contributed by atoms with Gasteiger partial charge in [-0.15, -0.1) is 0 Å². The van der Waals surface area contributed by atoms with Crippen molar-refractivity contribution in [1.29, 1.82) is 5.26 Å². The lowest BCUT2D eigenvalue weighted by molar-refractivity contribution is -0.141. The zero-order valence-electron chi connectivity index (χ0n) is 18.3. The number of hydrogen-bond acceptors (Lipinski definition) is 4. The summed E-state index contributed by atoms with van der Waals surface area (Å²) in [4.78, 5) is 16.2. The number of aromatic nitrogens is 2. The normalized spacial score (nSPS) is 17.2. The molecule has 2 aromatic heterocycles. The third kappa shape index (κ3) is 5.61. The van der Waals surface area contributed by atoms with Gasteiger partial charge in [-0.3, -0.25) is 9.20 Å². The van der Waals surface area contributed by atoms with Crippen molar-refractivity contribution in [3.8, 4) is 6.07 Å². The summed E-state index contributed by atoms with van der Waals surface area (Å²) in [5, 5.41) is 21.5. The first-order valence-corrected chi connectivity index (χ1v) is 10.6. The summed E-state index contributed by atoms with van der Waals surface area (Å²) in [7, 11) is 0. The van der Waals surface area contributed by atoms with Crippen LogP contribution in [0.5, 0.6) is 0 Å². The number of nitriles is 1. The number of aliphatic hydroxyl groups excluding tert-OH is 1. The maximum atomic E-state index is 13.8. The lowest BCUT2D eigenvalue weighted by Crippen LogP contribution is -2.36. The quantitative estimate of drug-likeness (QED) is 0.612. The number of fused-ring (bicyclic) bond motifs is 1. The minimum atomic E-state index is -4.82. The highest BCUT2D eigenvalue weighted by Gasteiger charge is 2.41. The number of rotatable bonds is 6. The second kappa shape index (κ2) is 8.89. The molecule has 1 amide bonds. The Morgan fingerprint density at radius 3 is 2.48 bits per heavy atom. The minimum Gasteiger partial charge on any atom is -0.396 e. The van der Waals surface area contributed by atoms with Crippen molar-refractivity contribution in [2.75, 3.05) is 13.2 Å². The van der Waals surface area contributed by atoms with Crippen LogP contribution < -0.4 is 5.32 Å². The average Bonchev–Trinajstić information content (AvgIpc) is 3.11. The summed E-state index contributed by atoms with van der Waals surface area (Å²) >= 11 is 0. The van der Waals surface area contributed by atoms with Gasteiger partial charge in [0, 0.05) is 37.0 Å². The van der Waals surface area contributed by atoms with Crippen LogP contribution in [0.4, 0.5) is 22.0 Å². The fourth-order valence-corrected chi connectivity index (χ4v) is 3.91. The Balaban J connectivity index is 2.00. The largest absolute Gasteiger partial charge is 0.435 e. The minimum absolute atomic E-state index is 0.0460. The third-order valence-corrected chi connectivity index (χ3v) is 5.94. The SMILES string of the molecule is CC(C)(CO)CNC(=O)c1cc(C#N)n2c(CC3CCC(F)(F)CC3)c(C(F)(F)F)nc2c1. The molecule has 2 heterocycles. The highest BCUT2D eigenvalue weighted by Crippen LogP contribution is 2.40. The molecule has 0 aliphatic heterocycles. The molecule has 2 N–H and O–H groups in total. The molecule has 1 aliphatic rings. The first-order valence-electron chi connectivity index (χ1n) is 10.6. The fraction of sp³-hybridized carbons (Fsp3) is 0.591. The van der Waals surface area contributed by atoms with E-state index in [9.17, 15) is 37.1 Å². The van der Waals surface area contributed by atoms with Crippen LogP contribution in [0.15, 0.2) is 12.1 Å². The van der Waals surface area contributed by atoms with Crippen molar-refractivity contribution in [3.63, 3.8) is 0 Å². The molecule has 0 saturated heterocycles. The van der Waals surface area contributed by atoms with E-state index in [1.165, 1.54) is 6.07 Å². The Bertz CT molecular complexity index is 1080. The lowest BCUT2D eigenvalue weighted by atomic mass is 9.83. The molecule has 1 fully saturated rings. The zero-order chi connectivity index (χ0) is 24.6. The van der Waals surface area contributed by atoms with E-state index in [2.05, 4.69) is 10.3 Å². The molecule has 33 heavy (non-hydrogen) atoms. The van der Waals surface area contributed by atoms with E-state index in [0.717, 1.165) is 10.5 Å². The second-order valence-corrected chi connectivity index (χ2v) is 9.35. The molecule has 0 spiro atoms. The van der Waals surface area contributed by atoms with Crippen LogP contribution in [0.25, 0.3) is 5.65 Å². The average molecular weight is 472 g/mol. The van der Waals surface area contributed by atoms with E-state index in [1.807, 2.05) is 6.07 Å². The van der Waals surface area contributed by atoms with Crippen molar-refractivity contribution in [2.45, 2.75) is 58.1 Å². The summed E-state index contributed by atoms with van der Waals surface area (Å²) in [5.74, 6) is -3.84. The molecule has 180 valence electrons. The Hall–Kier alpha value is -2.74. The van der Waals surface area contributed by atoms with E-state index in [0.29, 0.717) is 0 Å². The predicted molar refractivity (Wildman–Crippen MR) is 109 cm³/mol. The number of alkyl halides is 5. The summed E-state index contributed by atoms with van der Waals surface area (Å²) in [6.07, 6.45) is -5.62. The Labute approximate surface area is 187 Å². The lowest BCUT2D eigenvalue weighted by Gasteiger charge is -2.28. The number of imidazole rings is 1. The van der Waals surface area contributed by atoms with Gasteiger partial charge in [-0.2, -0.15) is 18.4 Å². The first kappa shape index (κ1) is 24.9. The molecule has 11 heteroatoms. The molecule has 0 atom stereocenters. The summed E-state index contributed by atoms with van der Waals surface area (Å²) in [5.41, 5.74) is -2.54. The van der Waals surface area contributed by atoms with E-state index >= 15 is 0 Å². The van der Waals surface area contributed by atoms with E-state index in [-0.39, 0.29) is 55.0 Å². The number of carbonyl (C=O) groups excluding carboxylic acids is 1. The molecular weight excluding hydrogens is 447 g/mol. The van der Waals surface area contributed by atoms with Gasteiger partial charge < -0.3 is 10.4 Å². The highest BCUT2D eigenvalue weighted by atomic mass is 19.4. The van der Waals surface area contributed by atoms with Gasteiger partial charge in [-0.25, -0.2) is 13.8 Å². The van der Waals surface area contributed by atoms with Crippen LogP contribution in [0.3, 0.4) is 0 Å². The molecule has 0 unspecified atom stereocenters. The number of aliphatic hydroxyl groups is 1. The molecule has 0 bridgehead atoms. The molecule has 6 nitrogen and oxygen atoms in total. The molecular formula is C22H25F5N4O2. The van der Waals surface area contributed by atoms with Crippen molar-refractivity contribution >= 4 is 11.6 Å². The van der Waals surface area contributed by atoms with Gasteiger partial charge in [-0.05, 0) is 37.3 Å². The van der Waals surface area contributed by atoms with Gasteiger partial charge >= 0.3 is 6.18 Å². The van der Waals surface area contributed by atoms with Gasteiger partial charge in [0.2, 0.25) is 5.92 Å². The van der Waals surface area contributed by atoms with Gasteiger partial charge in [0.25, 0.3) is 5.91 Å². The molecule has 0 aromatic carbocycles. The van der Waals surface area contributed by atoms with Gasteiger partial charge in [-0.1, -0.05) is 13.8 Å². The Morgan fingerprint density at radius 2 is 1.94 bits per heavy atom. The number of amides is 1. The van der Waals surface area contributed by atoms with Gasteiger partial charge in [0.15, 0.2) is 5.69 Å². The Kier molecular flexibility index (Phi) is 6.71. The summed E-state index contributed by atoms with van der Waals surface area (Å²) in [6.45, 7) is 3.35. The smallest absolute Gasteiger partial charge is 0.396 e.